The largest absolute Gasteiger partial charge is 0.352 e. The van der Waals surface area contributed by atoms with Crippen molar-refractivity contribution >= 4 is 11.8 Å². The summed E-state index contributed by atoms with van der Waals surface area (Å²) in [6.07, 6.45) is 1.05. The van der Waals surface area contributed by atoms with E-state index in [4.69, 9.17) is 4.98 Å². The molecular formula is C19H28N4. The van der Waals surface area contributed by atoms with Crippen LogP contribution in [-0.4, -0.2) is 22.1 Å². The average Bonchev–Trinajstić information content (AvgIpc) is 2.52. The van der Waals surface area contributed by atoms with E-state index < -0.39 is 0 Å². The highest BCUT2D eigenvalue weighted by Gasteiger charge is 2.15. The number of hydrogen-bond acceptors (Lipinski definition) is 4. The van der Waals surface area contributed by atoms with E-state index in [0.29, 0.717) is 18.0 Å². The van der Waals surface area contributed by atoms with Crippen LogP contribution in [-0.2, 0) is 6.54 Å². The van der Waals surface area contributed by atoms with Gasteiger partial charge in [-0.05, 0) is 39.7 Å². The first-order valence-electron chi connectivity index (χ1n) is 8.42. The third kappa shape index (κ3) is 4.95. The van der Waals surface area contributed by atoms with Crippen LogP contribution in [0.3, 0.4) is 0 Å². The summed E-state index contributed by atoms with van der Waals surface area (Å²) < 4.78 is 0. The molecule has 1 aromatic heterocycles. The van der Waals surface area contributed by atoms with Gasteiger partial charge in [-0.3, -0.25) is 0 Å². The Morgan fingerprint density at radius 2 is 1.78 bits per heavy atom. The Bertz CT molecular complexity index is 610. The summed E-state index contributed by atoms with van der Waals surface area (Å²) in [6, 6.07) is 13.3. The van der Waals surface area contributed by atoms with Gasteiger partial charge in [0.05, 0.1) is 0 Å². The van der Waals surface area contributed by atoms with E-state index >= 15 is 0 Å². The molecule has 1 aromatic carbocycles. The third-order valence-corrected chi connectivity index (χ3v) is 3.94. The van der Waals surface area contributed by atoms with Gasteiger partial charge < -0.3 is 10.2 Å². The highest BCUT2D eigenvalue weighted by atomic mass is 15.2. The van der Waals surface area contributed by atoms with Gasteiger partial charge >= 0.3 is 0 Å². The van der Waals surface area contributed by atoms with E-state index in [2.05, 4.69) is 73.2 Å². The number of aryl methyl sites for hydroxylation is 1. The molecule has 1 N–H and O–H groups in total. The highest BCUT2D eigenvalue weighted by molar-refractivity contribution is 5.46. The monoisotopic (exact) mass is 312 g/mol. The van der Waals surface area contributed by atoms with Gasteiger partial charge in [0, 0.05) is 30.4 Å². The molecule has 1 heterocycles. The molecule has 0 aliphatic heterocycles. The molecule has 0 fully saturated rings. The number of nitrogens with zero attached hydrogens (tertiary/aromatic N) is 3. The summed E-state index contributed by atoms with van der Waals surface area (Å²) in [5.74, 6) is 1.69. The molecule has 4 nitrogen and oxygen atoms in total. The number of hydrogen-bond donors (Lipinski definition) is 1. The van der Waals surface area contributed by atoms with E-state index in [-0.39, 0.29) is 0 Å². The van der Waals surface area contributed by atoms with Crippen LogP contribution in [0.2, 0.25) is 0 Å². The van der Waals surface area contributed by atoms with Crippen LogP contribution in [0.15, 0.2) is 36.4 Å². The zero-order valence-corrected chi connectivity index (χ0v) is 14.9. The molecule has 0 aliphatic carbocycles. The van der Waals surface area contributed by atoms with Gasteiger partial charge in [0.1, 0.15) is 5.82 Å². The fourth-order valence-electron chi connectivity index (χ4n) is 2.39. The molecule has 0 aliphatic rings. The van der Waals surface area contributed by atoms with Crippen molar-refractivity contribution in [1.82, 2.24) is 9.97 Å². The molecule has 0 radical (unpaired) electrons. The third-order valence-electron chi connectivity index (χ3n) is 3.94. The fourth-order valence-corrected chi connectivity index (χ4v) is 2.39. The first kappa shape index (κ1) is 17.3. The lowest BCUT2D eigenvalue weighted by atomic mass is 10.2. The lowest BCUT2D eigenvalue weighted by Crippen LogP contribution is -2.31. The first-order valence-corrected chi connectivity index (χ1v) is 8.42. The van der Waals surface area contributed by atoms with Gasteiger partial charge in [-0.25, -0.2) is 4.98 Å². The maximum Gasteiger partial charge on any atom is 0.225 e. The summed E-state index contributed by atoms with van der Waals surface area (Å²) in [4.78, 5) is 11.6. The zero-order chi connectivity index (χ0) is 16.8. The Morgan fingerprint density at radius 3 is 2.39 bits per heavy atom. The molecule has 23 heavy (non-hydrogen) atoms. The predicted molar refractivity (Wildman–Crippen MR) is 97.9 cm³/mol. The van der Waals surface area contributed by atoms with Gasteiger partial charge in [-0.2, -0.15) is 4.98 Å². The number of anilines is 2. The van der Waals surface area contributed by atoms with Crippen molar-refractivity contribution in [2.24, 2.45) is 0 Å². The maximum absolute atomic E-state index is 4.74. The van der Waals surface area contributed by atoms with E-state index in [1.165, 1.54) is 5.56 Å². The Hall–Kier alpha value is -2.10. The van der Waals surface area contributed by atoms with E-state index in [1.54, 1.807) is 0 Å². The van der Waals surface area contributed by atoms with Gasteiger partial charge in [0.2, 0.25) is 5.95 Å². The molecule has 0 spiro atoms. The molecule has 1 atom stereocenters. The second kappa shape index (κ2) is 7.95. The van der Waals surface area contributed by atoms with Crippen molar-refractivity contribution in [2.45, 2.75) is 59.7 Å². The van der Waals surface area contributed by atoms with Crippen LogP contribution in [0.1, 0.15) is 45.4 Å². The standard InChI is InChI=1S/C19H28N4/c1-6-15(4)20-19-21-16(5)12-18(22-19)23(14(2)3)13-17-10-8-7-9-11-17/h7-12,14-15H,6,13H2,1-5H3,(H,20,21,22). The number of benzene rings is 1. The van der Waals surface area contributed by atoms with Gasteiger partial charge in [-0.15, -0.1) is 0 Å². The summed E-state index contributed by atoms with van der Waals surface area (Å²) in [5, 5.41) is 3.38. The number of rotatable bonds is 7. The van der Waals surface area contributed by atoms with Crippen LogP contribution in [0.25, 0.3) is 0 Å². The normalized spacial score (nSPS) is 12.3. The molecule has 2 rings (SSSR count). The van der Waals surface area contributed by atoms with Gasteiger partial charge in [-0.1, -0.05) is 37.3 Å². The van der Waals surface area contributed by atoms with Crippen molar-refractivity contribution in [3.8, 4) is 0 Å². The molecule has 124 valence electrons. The fraction of sp³-hybridized carbons (Fsp3) is 0.474. The summed E-state index contributed by atoms with van der Waals surface area (Å²) in [5.41, 5.74) is 2.27. The molecule has 0 amide bonds. The minimum absolute atomic E-state index is 0.362. The lowest BCUT2D eigenvalue weighted by Gasteiger charge is -2.28. The van der Waals surface area contributed by atoms with Crippen LogP contribution in [0, 0.1) is 6.92 Å². The van der Waals surface area contributed by atoms with E-state index in [9.17, 15) is 0 Å². The van der Waals surface area contributed by atoms with Crippen molar-refractivity contribution in [1.29, 1.82) is 0 Å². The number of nitrogens with one attached hydrogen (secondary N) is 1. The summed E-state index contributed by atoms with van der Waals surface area (Å²) in [7, 11) is 0. The zero-order valence-electron chi connectivity index (χ0n) is 14.9. The highest BCUT2D eigenvalue weighted by Crippen LogP contribution is 2.20. The van der Waals surface area contributed by atoms with Crippen molar-refractivity contribution < 1.29 is 0 Å². The quantitative estimate of drug-likeness (QED) is 0.822. The molecule has 4 heteroatoms. The Kier molecular flexibility index (Phi) is 5.97. The Balaban J connectivity index is 2.28. The molecule has 0 bridgehead atoms. The molecule has 0 saturated carbocycles. The predicted octanol–water partition coefficient (Wildman–Crippen LogP) is 4.41. The van der Waals surface area contributed by atoms with Crippen LogP contribution < -0.4 is 10.2 Å². The second-order valence-corrected chi connectivity index (χ2v) is 6.35. The van der Waals surface area contributed by atoms with Gasteiger partial charge in [0.15, 0.2) is 0 Å². The van der Waals surface area contributed by atoms with E-state index in [0.717, 1.165) is 24.5 Å². The van der Waals surface area contributed by atoms with Crippen molar-refractivity contribution in [3.63, 3.8) is 0 Å². The van der Waals surface area contributed by atoms with Crippen molar-refractivity contribution in [3.05, 3.63) is 47.7 Å². The smallest absolute Gasteiger partial charge is 0.225 e. The lowest BCUT2D eigenvalue weighted by molar-refractivity contribution is 0.669. The van der Waals surface area contributed by atoms with Crippen LogP contribution in [0.5, 0.6) is 0 Å². The van der Waals surface area contributed by atoms with Gasteiger partial charge in [0.25, 0.3) is 0 Å². The minimum atomic E-state index is 0.362. The molecular weight excluding hydrogens is 284 g/mol. The molecule has 0 saturated heterocycles. The minimum Gasteiger partial charge on any atom is -0.352 e. The van der Waals surface area contributed by atoms with Crippen LogP contribution in [0.4, 0.5) is 11.8 Å². The van der Waals surface area contributed by atoms with Crippen molar-refractivity contribution in [2.75, 3.05) is 10.2 Å². The SMILES string of the molecule is CCC(C)Nc1nc(C)cc(N(Cc2ccccc2)C(C)C)n1. The summed E-state index contributed by atoms with van der Waals surface area (Å²) >= 11 is 0. The first-order chi connectivity index (χ1) is 11.0. The maximum atomic E-state index is 4.74. The molecule has 1 unspecified atom stereocenters. The van der Waals surface area contributed by atoms with E-state index in [1.807, 2.05) is 13.0 Å². The average molecular weight is 312 g/mol. The number of aromatic nitrogens is 2. The summed E-state index contributed by atoms with van der Waals surface area (Å²) in [6.45, 7) is 11.6. The second-order valence-electron chi connectivity index (χ2n) is 6.35. The Morgan fingerprint density at radius 1 is 1.09 bits per heavy atom. The topological polar surface area (TPSA) is 41.1 Å². The Labute approximate surface area is 140 Å². The molecule has 2 aromatic rings. The van der Waals surface area contributed by atoms with Crippen LogP contribution >= 0.6 is 0 Å².